The van der Waals surface area contributed by atoms with Crippen LogP contribution in [-0.2, 0) is 11.3 Å². The quantitative estimate of drug-likeness (QED) is 0.729. The van der Waals surface area contributed by atoms with E-state index in [0.29, 0.717) is 11.4 Å². The lowest BCUT2D eigenvalue weighted by atomic mass is 10.2. The number of hydrogen-bond donors (Lipinski definition) is 1. The summed E-state index contributed by atoms with van der Waals surface area (Å²) in [6, 6.07) is 7.92. The van der Waals surface area contributed by atoms with E-state index in [4.69, 9.17) is 9.47 Å². The number of benzene rings is 1. The number of halogens is 2. The number of aromatic nitrogens is 1. The molecule has 0 aliphatic heterocycles. The van der Waals surface area contributed by atoms with Crippen LogP contribution in [0.25, 0.3) is 6.08 Å². The number of alkyl halides is 2. The molecule has 0 spiro atoms. The molecule has 1 amide bonds. The van der Waals surface area contributed by atoms with Gasteiger partial charge in [0.2, 0.25) is 11.8 Å². The number of methoxy groups -OCH3 is 2. The van der Waals surface area contributed by atoms with Gasteiger partial charge in [-0.2, -0.15) is 8.78 Å². The zero-order valence-corrected chi connectivity index (χ0v) is 14.2. The fourth-order valence-electron chi connectivity index (χ4n) is 2.14. The maximum atomic E-state index is 12.3. The Morgan fingerprint density at radius 1 is 1.23 bits per heavy atom. The highest BCUT2D eigenvalue weighted by atomic mass is 19.3. The van der Waals surface area contributed by atoms with Crippen LogP contribution in [0.5, 0.6) is 17.4 Å². The zero-order valence-electron chi connectivity index (χ0n) is 14.2. The number of carbonyl (C=O) groups excluding carboxylic acids is 1. The second kappa shape index (κ2) is 9.36. The van der Waals surface area contributed by atoms with Crippen molar-refractivity contribution in [3.63, 3.8) is 0 Å². The van der Waals surface area contributed by atoms with Gasteiger partial charge in [0.1, 0.15) is 0 Å². The number of pyridine rings is 1. The molecular formula is C18H18F2N2O4. The largest absolute Gasteiger partial charge is 0.493 e. The minimum atomic E-state index is -2.94. The summed E-state index contributed by atoms with van der Waals surface area (Å²) in [5.41, 5.74) is 1.34. The fourth-order valence-corrected chi connectivity index (χ4v) is 2.14. The lowest BCUT2D eigenvalue weighted by Crippen LogP contribution is -2.20. The number of hydrogen-bond acceptors (Lipinski definition) is 5. The Bertz CT molecular complexity index is 782. The van der Waals surface area contributed by atoms with Crippen molar-refractivity contribution in [1.29, 1.82) is 0 Å². The molecule has 0 radical (unpaired) electrons. The number of nitrogens with one attached hydrogen (secondary N) is 1. The predicted octanol–water partition coefficient (Wildman–Crippen LogP) is 3.03. The molecule has 0 atom stereocenters. The third-order valence-corrected chi connectivity index (χ3v) is 3.33. The molecule has 0 fully saturated rings. The molecule has 1 aromatic carbocycles. The summed E-state index contributed by atoms with van der Waals surface area (Å²) in [6.07, 6.45) is 4.45. The Kier molecular flexibility index (Phi) is 6.90. The Labute approximate surface area is 149 Å². The van der Waals surface area contributed by atoms with Crippen LogP contribution in [0.15, 0.2) is 42.6 Å². The first-order valence-electron chi connectivity index (χ1n) is 7.60. The number of nitrogens with zero attached hydrogens (tertiary/aromatic N) is 1. The van der Waals surface area contributed by atoms with Crippen molar-refractivity contribution < 1.29 is 27.8 Å². The van der Waals surface area contributed by atoms with Gasteiger partial charge in [0.25, 0.3) is 0 Å². The van der Waals surface area contributed by atoms with Gasteiger partial charge in [-0.05, 0) is 29.8 Å². The van der Waals surface area contributed by atoms with Crippen LogP contribution in [0.3, 0.4) is 0 Å². The van der Waals surface area contributed by atoms with Crippen LogP contribution in [0.2, 0.25) is 0 Å². The van der Waals surface area contributed by atoms with Gasteiger partial charge in [0.05, 0.1) is 14.2 Å². The van der Waals surface area contributed by atoms with E-state index < -0.39 is 6.61 Å². The molecule has 0 saturated heterocycles. The normalized spacial score (nSPS) is 10.8. The minimum absolute atomic E-state index is 0.0761. The van der Waals surface area contributed by atoms with Gasteiger partial charge in [-0.1, -0.05) is 12.1 Å². The van der Waals surface area contributed by atoms with E-state index in [1.165, 1.54) is 44.6 Å². The number of amides is 1. The standard InChI is InChI=1S/C18H18F2N2O4/c1-24-15-10-12(5-7-14(15)26-18(19)20)6-8-16(23)22-11-13-4-3-9-21-17(13)25-2/h3-10,18H,11H2,1-2H3,(H,22,23)/b8-6+. The molecule has 0 aliphatic rings. The van der Waals surface area contributed by atoms with E-state index in [1.54, 1.807) is 18.3 Å². The first kappa shape index (κ1) is 19.2. The minimum Gasteiger partial charge on any atom is -0.493 e. The summed E-state index contributed by atoms with van der Waals surface area (Å²) < 4.78 is 39.1. The summed E-state index contributed by atoms with van der Waals surface area (Å²) in [4.78, 5) is 16.0. The van der Waals surface area contributed by atoms with Crippen LogP contribution in [0.4, 0.5) is 8.78 Å². The summed E-state index contributed by atoms with van der Waals surface area (Å²) >= 11 is 0. The van der Waals surface area contributed by atoms with Crippen LogP contribution in [-0.4, -0.2) is 31.7 Å². The van der Waals surface area contributed by atoms with Crippen molar-refractivity contribution in [2.75, 3.05) is 14.2 Å². The molecule has 138 valence electrons. The van der Waals surface area contributed by atoms with Crippen LogP contribution in [0.1, 0.15) is 11.1 Å². The Morgan fingerprint density at radius 3 is 2.73 bits per heavy atom. The number of rotatable bonds is 8. The molecule has 1 aromatic heterocycles. The first-order valence-corrected chi connectivity index (χ1v) is 7.60. The van der Waals surface area contributed by atoms with Crippen LogP contribution < -0.4 is 19.5 Å². The maximum absolute atomic E-state index is 12.3. The van der Waals surface area contributed by atoms with E-state index in [0.717, 1.165) is 5.56 Å². The lowest BCUT2D eigenvalue weighted by Gasteiger charge is -2.10. The summed E-state index contributed by atoms with van der Waals surface area (Å²) in [6.45, 7) is -2.69. The maximum Gasteiger partial charge on any atom is 0.387 e. The van der Waals surface area contributed by atoms with Gasteiger partial charge in [0.15, 0.2) is 11.5 Å². The van der Waals surface area contributed by atoms with Crippen LogP contribution in [0, 0.1) is 0 Å². The molecule has 0 unspecified atom stereocenters. The summed E-state index contributed by atoms with van der Waals surface area (Å²) in [5.74, 6) is 0.180. The molecule has 0 saturated carbocycles. The molecule has 2 rings (SSSR count). The van der Waals surface area contributed by atoms with Gasteiger partial charge >= 0.3 is 6.61 Å². The van der Waals surface area contributed by atoms with Crippen molar-refractivity contribution in [3.8, 4) is 17.4 Å². The van der Waals surface area contributed by atoms with E-state index >= 15 is 0 Å². The molecule has 1 N–H and O–H groups in total. The highest BCUT2D eigenvalue weighted by Crippen LogP contribution is 2.29. The second-order valence-electron chi connectivity index (χ2n) is 5.01. The number of ether oxygens (including phenoxy) is 3. The molecule has 0 bridgehead atoms. The molecule has 8 heteroatoms. The Hall–Kier alpha value is -3.16. The Morgan fingerprint density at radius 2 is 2.04 bits per heavy atom. The van der Waals surface area contributed by atoms with E-state index in [1.807, 2.05) is 0 Å². The van der Waals surface area contributed by atoms with Gasteiger partial charge in [0, 0.05) is 24.4 Å². The average molecular weight is 364 g/mol. The van der Waals surface area contributed by atoms with E-state index in [9.17, 15) is 13.6 Å². The van der Waals surface area contributed by atoms with Crippen molar-refractivity contribution in [2.45, 2.75) is 13.2 Å². The average Bonchev–Trinajstić information content (AvgIpc) is 2.65. The van der Waals surface area contributed by atoms with Gasteiger partial charge in [-0.25, -0.2) is 4.98 Å². The van der Waals surface area contributed by atoms with Gasteiger partial charge in [-0.15, -0.1) is 0 Å². The monoisotopic (exact) mass is 364 g/mol. The molecular weight excluding hydrogens is 346 g/mol. The van der Waals surface area contributed by atoms with Gasteiger partial charge in [-0.3, -0.25) is 4.79 Å². The first-order chi connectivity index (χ1) is 12.5. The molecule has 6 nitrogen and oxygen atoms in total. The third kappa shape index (κ3) is 5.44. The van der Waals surface area contributed by atoms with E-state index in [-0.39, 0.29) is 24.0 Å². The van der Waals surface area contributed by atoms with E-state index in [2.05, 4.69) is 15.0 Å². The third-order valence-electron chi connectivity index (χ3n) is 3.33. The van der Waals surface area contributed by atoms with Crippen LogP contribution >= 0.6 is 0 Å². The molecule has 26 heavy (non-hydrogen) atoms. The second-order valence-corrected chi connectivity index (χ2v) is 5.01. The Balaban J connectivity index is 1.99. The smallest absolute Gasteiger partial charge is 0.387 e. The highest BCUT2D eigenvalue weighted by Gasteiger charge is 2.10. The fraction of sp³-hybridized carbons (Fsp3) is 0.222. The molecule has 1 heterocycles. The molecule has 2 aromatic rings. The van der Waals surface area contributed by atoms with Crippen molar-refractivity contribution in [3.05, 3.63) is 53.7 Å². The zero-order chi connectivity index (χ0) is 18.9. The van der Waals surface area contributed by atoms with Crippen molar-refractivity contribution in [1.82, 2.24) is 10.3 Å². The van der Waals surface area contributed by atoms with Crippen molar-refractivity contribution >= 4 is 12.0 Å². The molecule has 0 aliphatic carbocycles. The van der Waals surface area contributed by atoms with Gasteiger partial charge < -0.3 is 19.5 Å². The predicted molar refractivity (Wildman–Crippen MR) is 91.3 cm³/mol. The van der Waals surface area contributed by atoms with Crippen molar-refractivity contribution in [2.24, 2.45) is 0 Å². The number of carbonyl (C=O) groups is 1. The highest BCUT2D eigenvalue weighted by molar-refractivity contribution is 5.91. The SMILES string of the molecule is COc1cc(/C=C/C(=O)NCc2cccnc2OC)ccc1OC(F)F. The topological polar surface area (TPSA) is 69.7 Å². The lowest BCUT2D eigenvalue weighted by molar-refractivity contribution is -0.116. The summed E-state index contributed by atoms with van der Waals surface area (Å²) in [5, 5.41) is 2.71. The summed E-state index contributed by atoms with van der Waals surface area (Å²) in [7, 11) is 2.84.